The molecule has 9 nitrogen and oxygen atoms in total. The minimum atomic E-state index is -1.07. The minimum absolute atomic E-state index is 0.0190. The van der Waals surface area contributed by atoms with Crippen molar-refractivity contribution in [1.29, 1.82) is 0 Å². The van der Waals surface area contributed by atoms with Crippen LogP contribution in [0.5, 0.6) is 5.75 Å². The van der Waals surface area contributed by atoms with Crippen LogP contribution in [-0.2, 0) is 24.3 Å². The quantitative estimate of drug-likeness (QED) is 0.387. The maximum absolute atomic E-state index is 14.6. The summed E-state index contributed by atoms with van der Waals surface area (Å²) < 4.78 is 29.1. The van der Waals surface area contributed by atoms with Gasteiger partial charge in [0.1, 0.15) is 29.8 Å². The number of amides is 3. The monoisotopic (exact) mass is 629 g/mol. The first kappa shape index (κ1) is 28.9. The summed E-state index contributed by atoms with van der Waals surface area (Å²) in [5, 5.41) is 26.9. The van der Waals surface area contributed by atoms with Crippen molar-refractivity contribution in [1.82, 2.24) is 25.1 Å². The van der Waals surface area contributed by atoms with E-state index < -0.39 is 36.1 Å². The summed E-state index contributed by atoms with van der Waals surface area (Å²) in [5.41, 5.74) is 1.75. The van der Waals surface area contributed by atoms with Crippen molar-refractivity contribution >= 4 is 27.9 Å². The number of urea groups is 1. The summed E-state index contributed by atoms with van der Waals surface area (Å²) in [7, 11) is 1.68. The van der Waals surface area contributed by atoms with E-state index in [4.69, 9.17) is 0 Å². The minimum Gasteiger partial charge on any atom is -0.508 e. The van der Waals surface area contributed by atoms with E-state index in [0.29, 0.717) is 0 Å². The number of benzene rings is 3. The maximum Gasteiger partial charge on any atom is 0.333 e. The van der Waals surface area contributed by atoms with E-state index in [1.807, 2.05) is 24.3 Å². The number of halogens is 3. The Morgan fingerprint density at radius 1 is 1.02 bits per heavy atom. The van der Waals surface area contributed by atoms with Crippen LogP contribution in [0.25, 0.3) is 0 Å². The Balaban J connectivity index is 1.45. The van der Waals surface area contributed by atoms with Gasteiger partial charge in [0.05, 0.1) is 19.1 Å². The lowest BCUT2D eigenvalue weighted by Gasteiger charge is -2.56. The van der Waals surface area contributed by atoms with Gasteiger partial charge in [-0.05, 0) is 47.9 Å². The van der Waals surface area contributed by atoms with Gasteiger partial charge in [0.25, 0.3) is 0 Å². The highest BCUT2D eigenvalue weighted by molar-refractivity contribution is 9.10. The number of rotatable bonds is 6. The third-order valence-electron chi connectivity index (χ3n) is 7.41. The fourth-order valence-electron chi connectivity index (χ4n) is 5.38. The van der Waals surface area contributed by atoms with Crippen LogP contribution in [0.15, 0.2) is 71.2 Å². The van der Waals surface area contributed by atoms with E-state index in [9.17, 15) is 28.6 Å². The van der Waals surface area contributed by atoms with Crippen LogP contribution in [0.1, 0.15) is 16.7 Å². The van der Waals surface area contributed by atoms with E-state index in [2.05, 4.69) is 21.2 Å². The summed E-state index contributed by atoms with van der Waals surface area (Å²) in [4.78, 5) is 30.5. The van der Waals surface area contributed by atoms with Gasteiger partial charge in [0.15, 0.2) is 0 Å². The largest absolute Gasteiger partial charge is 0.508 e. The number of nitrogens with zero attached hydrogens (tertiary/aromatic N) is 4. The van der Waals surface area contributed by atoms with E-state index in [0.717, 1.165) is 27.7 Å². The number of carbonyl (C=O) groups excluding carboxylic acids is 2. The van der Waals surface area contributed by atoms with Crippen molar-refractivity contribution in [2.24, 2.45) is 0 Å². The Kier molecular flexibility index (Phi) is 8.55. The van der Waals surface area contributed by atoms with Crippen molar-refractivity contribution in [3.05, 3.63) is 99.5 Å². The van der Waals surface area contributed by atoms with Gasteiger partial charge < -0.3 is 20.4 Å². The van der Waals surface area contributed by atoms with Gasteiger partial charge in [0.2, 0.25) is 5.91 Å². The van der Waals surface area contributed by atoms with Crippen molar-refractivity contribution in [3.63, 3.8) is 0 Å². The second-order valence-electron chi connectivity index (χ2n) is 10.2. The van der Waals surface area contributed by atoms with Gasteiger partial charge in [-0.2, -0.15) is 0 Å². The number of fused-ring (bicyclic) bond motifs is 1. The molecule has 2 fully saturated rings. The summed E-state index contributed by atoms with van der Waals surface area (Å²) >= 11 is 3.40. The van der Waals surface area contributed by atoms with Gasteiger partial charge in [-0.25, -0.2) is 28.5 Å². The third kappa shape index (κ3) is 6.35. The van der Waals surface area contributed by atoms with Crippen LogP contribution in [-0.4, -0.2) is 80.5 Å². The lowest BCUT2D eigenvalue weighted by Crippen LogP contribution is -2.77. The fraction of sp³-hybridized carbons (Fsp3) is 0.310. The number of β-amino-alcohol motifs (C(OH)–C–C–N with tert-alkyl or cyclic N) is 1. The van der Waals surface area contributed by atoms with Crippen LogP contribution in [0, 0.1) is 11.6 Å². The maximum atomic E-state index is 14.6. The molecule has 0 saturated carbocycles. The molecule has 0 aliphatic carbocycles. The zero-order valence-corrected chi connectivity index (χ0v) is 23.8. The molecular weight excluding hydrogens is 600 g/mol. The molecule has 3 atom stereocenters. The topological polar surface area (TPSA) is 99.6 Å². The molecule has 1 unspecified atom stereocenters. The molecule has 3 N–H and O–H groups in total. The summed E-state index contributed by atoms with van der Waals surface area (Å²) in [6.07, 6.45) is -1.68. The molecule has 12 heteroatoms. The molecule has 41 heavy (non-hydrogen) atoms. The Bertz CT molecular complexity index is 1410. The molecule has 3 aromatic rings. The molecule has 2 saturated heterocycles. The van der Waals surface area contributed by atoms with Crippen molar-refractivity contribution in [2.45, 2.75) is 37.9 Å². The standard InChI is InChI=1S/C29H30BrF2N5O4/c1-34-17-27(39)36-25(12-18-4-10-23(38)11-5-18)28(40)35(15-20-6-9-22(31)13-24(20)32)16-26(36)37(34)29(41)33-14-19-2-7-21(30)8-3-19/h2-11,13,25-27,38-39H,12,14-17H2,1H3,(H,33,41)/t25-,26-,27?/m0/s1. The molecular formula is C29H30BrF2N5O4. The van der Waals surface area contributed by atoms with Crippen LogP contribution in [0.3, 0.4) is 0 Å². The van der Waals surface area contributed by atoms with Gasteiger partial charge in [-0.3, -0.25) is 4.79 Å². The molecule has 3 amide bonds. The number of nitrogens with one attached hydrogen (secondary N) is 1. The summed E-state index contributed by atoms with van der Waals surface area (Å²) in [6, 6.07) is 15.8. The van der Waals surface area contributed by atoms with Crippen LogP contribution in [0.4, 0.5) is 13.6 Å². The van der Waals surface area contributed by atoms with E-state index in [1.54, 1.807) is 29.1 Å². The number of hydrogen-bond donors (Lipinski definition) is 3. The summed E-state index contributed by atoms with van der Waals surface area (Å²) in [6.45, 7) is 0.157. The van der Waals surface area contributed by atoms with Gasteiger partial charge >= 0.3 is 6.03 Å². The molecule has 0 aromatic heterocycles. The van der Waals surface area contributed by atoms with Crippen LogP contribution in [0.2, 0.25) is 0 Å². The fourth-order valence-corrected chi connectivity index (χ4v) is 5.65. The number of carbonyl (C=O) groups is 2. The lowest BCUT2D eigenvalue weighted by molar-refractivity contribution is -0.223. The normalized spacial score (nSPS) is 21.6. The molecule has 0 radical (unpaired) electrons. The Morgan fingerprint density at radius 3 is 2.39 bits per heavy atom. The van der Waals surface area contributed by atoms with Gasteiger partial charge in [-0.1, -0.05) is 46.3 Å². The van der Waals surface area contributed by atoms with Crippen LogP contribution >= 0.6 is 15.9 Å². The first-order valence-electron chi connectivity index (χ1n) is 13.1. The average Bonchev–Trinajstić information content (AvgIpc) is 2.93. The number of aliphatic hydroxyl groups is 1. The lowest BCUT2D eigenvalue weighted by atomic mass is 9.98. The number of likely N-dealkylation sites (N-methyl/N-ethyl adjacent to an activating group) is 1. The zero-order valence-electron chi connectivity index (χ0n) is 22.3. The number of hydrogen-bond acceptors (Lipinski definition) is 6. The molecule has 2 aliphatic heterocycles. The van der Waals surface area contributed by atoms with Crippen LogP contribution < -0.4 is 5.32 Å². The second-order valence-corrected chi connectivity index (χ2v) is 11.1. The molecule has 216 valence electrons. The Morgan fingerprint density at radius 2 is 1.71 bits per heavy atom. The highest BCUT2D eigenvalue weighted by Crippen LogP contribution is 2.31. The molecule has 2 heterocycles. The smallest absolute Gasteiger partial charge is 0.333 e. The Labute approximate surface area is 244 Å². The van der Waals surface area contributed by atoms with E-state index >= 15 is 0 Å². The number of aromatic hydroxyl groups is 1. The van der Waals surface area contributed by atoms with Gasteiger partial charge in [0, 0.05) is 36.2 Å². The van der Waals surface area contributed by atoms with E-state index in [-0.39, 0.29) is 49.8 Å². The highest BCUT2D eigenvalue weighted by atomic mass is 79.9. The average molecular weight is 630 g/mol. The molecule has 0 spiro atoms. The molecule has 3 aromatic carbocycles. The zero-order chi connectivity index (χ0) is 29.3. The molecule has 0 bridgehead atoms. The summed E-state index contributed by atoms with van der Waals surface area (Å²) in [5.74, 6) is -1.79. The number of aliphatic hydroxyl groups excluding tert-OH is 1. The number of phenols is 1. The third-order valence-corrected chi connectivity index (χ3v) is 7.94. The Hall–Kier alpha value is -3.58. The number of piperazine rings is 1. The van der Waals surface area contributed by atoms with Crippen molar-refractivity contribution < 1.29 is 28.6 Å². The number of phenolic OH excluding ortho intramolecular Hbond substituents is 1. The predicted molar refractivity (Wildman–Crippen MR) is 150 cm³/mol. The number of hydrazine groups is 1. The predicted octanol–water partition coefficient (Wildman–Crippen LogP) is 3.41. The first-order valence-corrected chi connectivity index (χ1v) is 13.9. The second kappa shape index (κ2) is 12.1. The van der Waals surface area contributed by atoms with Crippen molar-refractivity contribution in [2.75, 3.05) is 20.1 Å². The van der Waals surface area contributed by atoms with Gasteiger partial charge in [-0.15, -0.1) is 0 Å². The highest BCUT2D eigenvalue weighted by Gasteiger charge is 2.51. The van der Waals surface area contributed by atoms with Crippen molar-refractivity contribution in [3.8, 4) is 5.75 Å². The molecule has 5 rings (SSSR count). The first-order chi connectivity index (χ1) is 19.6. The van der Waals surface area contributed by atoms with E-state index in [1.165, 1.54) is 28.1 Å². The molecule has 2 aliphatic rings. The SMILES string of the molecule is CN1CC(O)N2[C@@H](Cc3ccc(O)cc3)C(=O)N(Cc3ccc(F)cc3F)C[C@@H]2N1C(=O)NCc1ccc(Br)cc1.